The van der Waals surface area contributed by atoms with Gasteiger partial charge >= 0.3 is 6.61 Å². The van der Waals surface area contributed by atoms with E-state index in [0.717, 1.165) is 6.07 Å². The maximum Gasteiger partial charge on any atom is 0.387 e. The van der Waals surface area contributed by atoms with Crippen LogP contribution in [0, 0.1) is 28.4 Å². The Hall–Kier alpha value is -2.23. The van der Waals surface area contributed by atoms with Crippen molar-refractivity contribution in [2.45, 2.75) is 13.5 Å². The van der Waals surface area contributed by atoms with Crippen LogP contribution in [0.25, 0.3) is 0 Å². The van der Waals surface area contributed by atoms with Crippen molar-refractivity contribution in [2.75, 3.05) is 0 Å². The molecule has 0 saturated heterocycles. The number of nitro groups is 1. The third-order valence-corrected chi connectivity index (χ3v) is 1.85. The van der Waals surface area contributed by atoms with E-state index in [9.17, 15) is 18.9 Å². The van der Waals surface area contributed by atoms with E-state index in [1.807, 2.05) is 0 Å². The fourth-order valence-electron chi connectivity index (χ4n) is 1.21. The van der Waals surface area contributed by atoms with Gasteiger partial charge < -0.3 is 4.74 Å². The van der Waals surface area contributed by atoms with Gasteiger partial charge in [0.1, 0.15) is 6.07 Å². The molecule has 1 aromatic rings. The predicted molar refractivity (Wildman–Crippen MR) is 49.2 cm³/mol. The van der Waals surface area contributed by atoms with Gasteiger partial charge in [0.25, 0.3) is 5.69 Å². The van der Waals surface area contributed by atoms with Crippen LogP contribution in [-0.2, 0) is 0 Å². The molecule has 0 aliphatic carbocycles. The minimum Gasteiger partial charge on any atom is -0.433 e. The molecule has 0 N–H and O–H groups in total. The second kappa shape index (κ2) is 4.53. The first-order chi connectivity index (χ1) is 7.47. The highest BCUT2D eigenvalue weighted by Gasteiger charge is 2.23. The predicted octanol–water partition coefficient (Wildman–Crippen LogP) is 2.38. The van der Waals surface area contributed by atoms with Crippen LogP contribution < -0.4 is 4.74 Å². The molecule has 0 aliphatic rings. The summed E-state index contributed by atoms with van der Waals surface area (Å²) in [7, 11) is 0. The van der Waals surface area contributed by atoms with E-state index in [4.69, 9.17) is 5.26 Å². The second-order valence-corrected chi connectivity index (χ2v) is 2.85. The Labute approximate surface area is 89.0 Å². The summed E-state index contributed by atoms with van der Waals surface area (Å²) in [5, 5.41) is 19.4. The standard InChI is InChI=1S/C9H6F2N2O3/c1-5-2-3-7(16-9(10)11)6(4-12)8(5)13(14)15/h2-3,9H,1H3. The lowest BCUT2D eigenvalue weighted by molar-refractivity contribution is -0.385. The molecule has 5 nitrogen and oxygen atoms in total. The fourth-order valence-corrected chi connectivity index (χ4v) is 1.21. The van der Waals surface area contributed by atoms with E-state index < -0.39 is 28.5 Å². The Morgan fingerprint density at radius 3 is 2.62 bits per heavy atom. The average molecular weight is 228 g/mol. The highest BCUT2D eigenvalue weighted by Crippen LogP contribution is 2.31. The summed E-state index contributed by atoms with van der Waals surface area (Å²) in [6, 6.07) is 3.84. The topological polar surface area (TPSA) is 76.2 Å². The van der Waals surface area contributed by atoms with Gasteiger partial charge in [-0.3, -0.25) is 10.1 Å². The first-order valence-corrected chi connectivity index (χ1v) is 4.10. The summed E-state index contributed by atoms with van der Waals surface area (Å²) in [5.41, 5.74) is -0.797. The maximum atomic E-state index is 12.0. The van der Waals surface area contributed by atoms with Crippen molar-refractivity contribution < 1.29 is 18.4 Å². The molecule has 0 bridgehead atoms. The van der Waals surface area contributed by atoms with E-state index >= 15 is 0 Å². The van der Waals surface area contributed by atoms with Gasteiger partial charge in [-0.25, -0.2) is 0 Å². The number of alkyl halides is 2. The van der Waals surface area contributed by atoms with Crippen molar-refractivity contribution in [3.05, 3.63) is 33.4 Å². The van der Waals surface area contributed by atoms with E-state index in [-0.39, 0.29) is 5.56 Å². The van der Waals surface area contributed by atoms with Crippen LogP contribution in [0.1, 0.15) is 11.1 Å². The minimum atomic E-state index is -3.13. The number of benzene rings is 1. The van der Waals surface area contributed by atoms with Gasteiger partial charge in [0.15, 0.2) is 11.3 Å². The molecule has 0 aliphatic heterocycles. The zero-order valence-corrected chi connectivity index (χ0v) is 8.11. The van der Waals surface area contributed by atoms with E-state index in [2.05, 4.69) is 4.74 Å². The normalized spacial score (nSPS) is 9.94. The van der Waals surface area contributed by atoms with Gasteiger partial charge in [-0.15, -0.1) is 0 Å². The molecule has 0 fully saturated rings. The van der Waals surface area contributed by atoms with Crippen LogP contribution in [-0.4, -0.2) is 11.5 Å². The number of hydrogen-bond donors (Lipinski definition) is 0. The summed E-state index contributed by atoms with van der Waals surface area (Å²) < 4.78 is 28.0. The third kappa shape index (κ3) is 2.23. The van der Waals surface area contributed by atoms with Gasteiger partial charge in [-0.05, 0) is 19.1 Å². The Bertz CT molecular complexity index is 469. The Morgan fingerprint density at radius 1 is 1.56 bits per heavy atom. The Balaban J connectivity index is 3.38. The van der Waals surface area contributed by atoms with Crippen LogP contribution in [0.5, 0.6) is 5.75 Å². The van der Waals surface area contributed by atoms with Crippen LogP contribution in [0.15, 0.2) is 12.1 Å². The van der Waals surface area contributed by atoms with Crippen molar-refractivity contribution in [1.29, 1.82) is 5.26 Å². The summed E-state index contributed by atoms with van der Waals surface area (Å²) in [6.07, 6.45) is 0. The molecule has 0 saturated carbocycles. The van der Waals surface area contributed by atoms with Crippen LogP contribution >= 0.6 is 0 Å². The molecule has 0 heterocycles. The van der Waals surface area contributed by atoms with Gasteiger partial charge in [0.2, 0.25) is 0 Å². The van der Waals surface area contributed by atoms with Crippen molar-refractivity contribution >= 4 is 5.69 Å². The lowest BCUT2D eigenvalue weighted by Gasteiger charge is -2.07. The molecule has 0 radical (unpaired) electrons. The molecular weight excluding hydrogens is 222 g/mol. The van der Waals surface area contributed by atoms with Crippen molar-refractivity contribution in [3.63, 3.8) is 0 Å². The molecule has 0 atom stereocenters. The highest BCUT2D eigenvalue weighted by molar-refractivity contribution is 5.60. The molecule has 0 unspecified atom stereocenters. The summed E-state index contributed by atoms with van der Waals surface area (Å²) >= 11 is 0. The number of nitrogens with zero attached hydrogens (tertiary/aromatic N) is 2. The first-order valence-electron chi connectivity index (χ1n) is 4.10. The quantitative estimate of drug-likeness (QED) is 0.587. The lowest BCUT2D eigenvalue weighted by atomic mass is 10.1. The average Bonchev–Trinajstić information content (AvgIpc) is 2.18. The van der Waals surface area contributed by atoms with Crippen molar-refractivity contribution in [2.24, 2.45) is 0 Å². The molecule has 7 heteroatoms. The number of hydrogen-bond acceptors (Lipinski definition) is 4. The molecule has 0 spiro atoms. The number of nitro benzene ring substituents is 1. The smallest absolute Gasteiger partial charge is 0.387 e. The summed E-state index contributed by atoms with van der Waals surface area (Å²) in [4.78, 5) is 9.85. The number of halogens is 2. The molecule has 0 amide bonds. The van der Waals surface area contributed by atoms with E-state index in [1.165, 1.54) is 19.1 Å². The molecular formula is C9H6F2N2O3. The van der Waals surface area contributed by atoms with Crippen molar-refractivity contribution in [3.8, 4) is 11.8 Å². The van der Waals surface area contributed by atoms with Crippen LogP contribution in [0.2, 0.25) is 0 Å². The molecule has 84 valence electrons. The van der Waals surface area contributed by atoms with E-state index in [0.29, 0.717) is 0 Å². The molecule has 1 rings (SSSR count). The summed E-state index contributed by atoms with van der Waals surface area (Å²) in [6.45, 7) is -1.72. The van der Waals surface area contributed by atoms with Gasteiger partial charge in [-0.1, -0.05) is 0 Å². The first kappa shape index (κ1) is 11.8. The molecule has 1 aromatic carbocycles. The second-order valence-electron chi connectivity index (χ2n) is 2.85. The number of rotatable bonds is 3. The van der Waals surface area contributed by atoms with Gasteiger partial charge in [0.05, 0.1) is 4.92 Å². The van der Waals surface area contributed by atoms with Crippen molar-refractivity contribution in [1.82, 2.24) is 0 Å². The van der Waals surface area contributed by atoms with Gasteiger partial charge in [-0.2, -0.15) is 14.0 Å². The fraction of sp³-hybridized carbons (Fsp3) is 0.222. The summed E-state index contributed by atoms with van der Waals surface area (Å²) in [5.74, 6) is -0.491. The SMILES string of the molecule is Cc1ccc(OC(F)F)c(C#N)c1[N+](=O)[O-]. The third-order valence-electron chi connectivity index (χ3n) is 1.85. The zero-order valence-electron chi connectivity index (χ0n) is 8.11. The molecule has 0 aromatic heterocycles. The largest absolute Gasteiger partial charge is 0.433 e. The van der Waals surface area contributed by atoms with Crippen LogP contribution in [0.3, 0.4) is 0 Å². The minimum absolute atomic E-state index is 0.211. The van der Waals surface area contributed by atoms with Gasteiger partial charge in [0, 0.05) is 5.56 Å². The lowest BCUT2D eigenvalue weighted by Crippen LogP contribution is -2.05. The maximum absolute atomic E-state index is 12.0. The van der Waals surface area contributed by atoms with Crippen LogP contribution in [0.4, 0.5) is 14.5 Å². The monoisotopic (exact) mass is 228 g/mol. The highest BCUT2D eigenvalue weighted by atomic mass is 19.3. The zero-order chi connectivity index (χ0) is 12.3. The number of nitriles is 1. The Morgan fingerprint density at radius 2 is 2.19 bits per heavy atom. The number of aryl methyl sites for hydroxylation is 1. The number of ether oxygens (including phenoxy) is 1. The van der Waals surface area contributed by atoms with E-state index in [1.54, 1.807) is 0 Å². The Kier molecular flexibility index (Phi) is 3.35. The molecule has 16 heavy (non-hydrogen) atoms.